The molecule has 1 fully saturated rings. The first kappa shape index (κ1) is 28.9. The van der Waals surface area contributed by atoms with Gasteiger partial charge in [0.25, 0.3) is 0 Å². The molecular weight excluding hydrogens is 534 g/mol. The van der Waals surface area contributed by atoms with Crippen molar-refractivity contribution in [1.82, 2.24) is 0 Å². The molecule has 0 aromatic heterocycles. The lowest BCUT2D eigenvalue weighted by atomic mass is 9.72. The summed E-state index contributed by atoms with van der Waals surface area (Å²) in [6, 6.07) is 3.75. The number of fused-ring (bicyclic) bond motifs is 3. The van der Waals surface area contributed by atoms with Crippen LogP contribution in [0.4, 0.5) is 0 Å². The standard InChI is InChI=1S/C27H29NO10.ClH/c1-10-22(30)14(28)7-17(37-10)38-16-9-27(35,11(2)29)8-13-19(16)26(34)21-20(24(13)32)23(31)12-5-4-6-15(36-3)18(12)25(21)33;/h4-6,10,14,16-17,22,30,32,34-35H,7-9,28H2,1-3H3;1H/t10?,14?,16-,17?,22?,27-;/m1./s1. The van der Waals surface area contributed by atoms with Gasteiger partial charge in [-0.15, -0.1) is 12.4 Å². The van der Waals surface area contributed by atoms with Gasteiger partial charge in [0.15, 0.2) is 17.9 Å². The van der Waals surface area contributed by atoms with E-state index in [1.54, 1.807) is 6.92 Å². The van der Waals surface area contributed by atoms with Crippen molar-refractivity contribution < 1.29 is 49.0 Å². The van der Waals surface area contributed by atoms with Crippen LogP contribution in [0.1, 0.15) is 75.8 Å². The van der Waals surface area contributed by atoms with Gasteiger partial charge >= 0.3 is 0 Å². The zero-order chi connectivity index (χ0) is 27.7. The highest BCUT2D eigenvalue weighted by Crippen LogP contribution is 2.52. The van der Waals surface area contributed by atoms with Crippen LogP contribution in [0.2, 0.25) is 0 Å². The maximum atomic E-state index is 13.6. The van der Waals surface area contributed by atoms with Gasteiger partial charge < -0.3 is 40.4 Å². The third kappa shape index (κ3) is 4.39. The summed E-state index contributed by atoms with van der Waals surface area (Å²) in [6.07, 6.45) is -4.53. The van der Waals surface area contributed by atoms with Gasteiger partial charge in [0.2, 0.25) is 5.78 Å². The van der Waals surface area contributed by atoms with E-state index in [1.807, 2.05) is 0 Å². The predicted molar refractivity (Wildman–Crippen MR) is 138 cm³/mol. The number of phenols is 2. The fourth-order valence-electron chi connectivity index (χ4n) is 5.66. The number of methoxy groups -OCH3 is 1. The van der Waals surface area contributed by atoms with E-state index < -0.39 is 82.6 Å². The van der Waals surface area contributed by atoms with Gasteiger partial charge in [0.05, 0.1) is 42.1 Å². The number of halogens is 1. The molecule has 0 saturated carbocycles. The molecule has 4 unspecified atom stereocenters. The number of benzene rings is 2. The van der Waals surface area contributed by atoms with Crippen LogP contribution in [0.3, 0.4) is 0 Å². The molecule has 12 heteroatoms. The Kier molecular flexibility index (Phi) is 7.54. The molecule has 2 aromatic rings. The molecule has 0 bridgehead atoms. The van der Waals surface area contributed by atoms with Crippen molar-refractivity contribution in [3.8, 4) is 17.2 Å². The topological polar surface area (TPSA) is 186 Å². The van der Waals surface area contributed by atoms with Crippen molar-refractivity contribution in [2.45, 2.75) is 69.4 Å². The molecule has 1 aliphatic heterocycles. The largest absolute Gasteiger partial charge is 0.507 e. The van der Waals surface area contributed by atoms with Gasteiger partial charge in [-0.1, -0.05) is 12.1 Å². The fraction of sp³-hybridized carbons (Fsp3) is 0.444. The first-order valence-electron chi connectivity index (χ1n) is 12.2. The van der Waals surface area contributed by atoms with Gasteiger partial charge in [-0.3, -0.25) is 14.4 Å². The SMILES string of the molecule is COc1cccc2c1C(=O)c1c(O)c3c(c(O)c1C2=O)C[C@](O)(C(C)=O)C[C@H]3OC1CC(N)C(O)C(C)O1.Cl. The van der Waals surface area contributed by atoms with Crippen LogP contribution in [0.25, 0.3) is 0 Å². The number of carbonyl (C=O) groups excluding carboxylic acids is 3. The number of phenolic OH excluding ortho intramolecular Hbond substituents is 2. The maximum absolute atomic E-state index is 13.6. The summed E-state index contributed by atoms with van der Waals surface area (Å²) in [5, 5.41) is 44.1. The average molecular weight is 564 g/mol. The number of Topliss-reactive ketones (excluding diaryl/α,β-unsaturated/α-hetero) is 1. The highest BCUT2D eigenvalue weighted by molar-refractivity contribution is 6.31. The van der Waals surface area contributed by atoms with Crippen molar-refractivity contribution in [3.05, 3.63) is 51.6 Å². The highest BCUT2D eigenvalue weighted by atomic mass is 35.5. The van der Waals surface area contributed by atoms with Gasteiger partial charge in [-0.05, 0) is 19.9 Å². The van der Waals surface area contributed by atoms with Crippen molar-refractivity contribution in [2.24, 2.45) is 5.73 Å². The van der Waals surface area contributed by atoms with Crippen LogP contribution in [0.15, 0.2) is 18.2 Å². The number of ketones is 3. The predicted octanol–water partition coefficient (Wildman–Crippen LogP) is 1.45. The van der Waals surface area contributed by atoms with Gasteiger partial charge in [0, 0.05) is 42.0 Å². The lowest BCUT2D eigenvalue weighted by molar-refractivity contribution is -0.247. The molecule has 0 spiro atoms. The summed E-state index contributed by atoms with van der Waals surface area (Å²) in [7, 11) is 1.34. The molecular formula is C27H30ClNO10. The smallest absolute Gasteiger partial charge is 0.202 e. The Labute approximate surface area is 229 Å². The monoisotopic (exact) mass is 563 g/mol. The molecule has 11 nitrogen and oxygen atoms in total. The van der Waals surface area contributed by atoms with E-state index in [1.165, 1.54) is 32.2 Å². The number of carbonyl (C=O) groups is 3. The van der Waals surface area contributed by atoms with Crippen LogP contribution >= 0.6 is 12.4 Å². The van der Waals surface area contributed by atoms with E-state index in [0.717, 1.165) is 0 Å². The third-order valence-corrected chi connectivity index (χ3v) is 7.80. The molecule has 210 valence electrons. The zero-order valence-corrected chi connectivity index (χ0v) is 22.3. The van der Waals surface area contributed by atoms with Crippen LogP contribution in [0, 0.1) is 0 Å². The molecule has 0 amide bonds. The first-order chi connectivity index (χ1) is 17.9. The van der Waals surface area contributed by atoms with Crippen LogP contribution in [-0.4, -0.2) is 75.0 Å². The summed E-state index contributed by atoms with van der Waals surface area (Å²) in [5.74, 6) is -3.18. The Balaban J connectivity index is 0.00000353. The normalized spacial score (nSPS) is 29.5. The Morgan fingerprint density at radius 3 is 2.41 bits per heavy atom. The molecule has 0 radical (unpaired) electrons. The van der Waals surface area contributed by atoms with Crippen LogP contribution in [-0.2, 0) is 20.7 Å². The minimum atomic E-state index is -2.00. The molecule has 5 rings (SSSR count). The second-order valence-electron chi connectivity index (χ2n) is 10.1. The molecule has 1 saturated heterocycles. The Hall–Kier alpha value is -3.06. The second kappa shape index (κ2) is 10.2. The average Bonchev–Trinajstić information content (AvgIpc) is 2.87. The summed E-state index contributed by atoms with van der Waals surface area (Å²) in [4.78, 5) is 39.6. The quantitative estimate of drug-likeness (QED) is 0.289. The number of aromatic hydroxyl groups is 2. The Morgan fingerprint density at radius 1 is 1.13 bits per heavy atom. The summed E-state index contributed by atoms with van der Waals surface area (Å²) >= 11 is 0. The summed E-state index contributed by atoms with van der Waals surface area (Å²) in [6.45, 7) is 2.79. The lowest BCUT2D eigenvalue weighted by Gasteiger charge is -2.42. The summed E-state index contributed by atoms with van der Waals surface area (Å²) < 4.78 is 17.1. The number of aliphatic hydroxyl groups excluding tert-OH is 1. The molecule has 6 N–H and O–H groups in total. The van der Waals surface area contributed by atoms with Crippen LogP contribution in [0.5, 0.6) is 17.2 Å². The second-order valence-corrected chi connectivity index (χ2v) is 10.1. The number of aliphatic hydroxyl groups is 2. The van der Waals surface area contributed by atoms with Crippen molar-refractivity contribution in [2.75, 3.05) is 7.11 Å². The number of hydrogen-bond donors (Lipinski definition) is 5. The number of hydrogen-bond acceptors (Lipinski definition) is 11. The van der Waals surface area contributed by atoms with E-state index >= 15 is 0 Å². The number of rotatable bonds is 4. The number of nitrogens with two attached hydrogens (primary N) is 1. The van der Waals surface area contributed by atoms with E-state index in [4.69, 9.17) is 19.9 Å². The summed E-state index contributed by atoms with van der Waals surface area (Å²) in [5.41, 5.74) is 2.97. The minimum Gasteiger partial charge on any atom is -0.507 e. The van der Waals surface area contributed by atoms with Gasteiger partial charge in [-0.25, -0.2) is 0 Å². The van der Waals surface area contributed by atoms with Crippen molar-refractivity contribution in [3.63, 3.8) is 0 Å². The van der Waals surface area contributed by atoms with E-state index in [2.05, 4.69) is 0 Å². The third-order valence-electron chi connectivity index (χ3n) is 7.80. The molecule has 2 aliphatic carbocycles. The molecule has 1 heterocycles. The lowest BCUT2D eigenvalue weighted by Crippen LogP contribution is -2.52. The Morgan fingerprint density at radius 2 is 1.79 bits per heavy atom. The van der Waals surface area contributed by atoms with Crippen molar-refractivity contribution >= 4 is 29.8 Å². The maximum Gasteiger partial charge on any atom is 0.202 e. The molecule has 39 heavy (non-hydrogen) atoms. The fourth-order valence-corrected chi connectivity index (χ4v) is 5.66. The number of ether oxygens (including phenoxy) is 3. The van der Waals surface area contributed by atoms with Gasteiger partial charge in [0.1, 0.15) is 22.8 Å². The van der Waals surface area contributed by atoms with Crippen molar-refractivity contribution in [1.29, 1.82) is 0 Å². The van der Waals surface area contributed by atoms with E-state index in [9.17, 15) is 34.8 Å². The Bertz CT molecular complexity index is 1370. The minimum absolute atomic E-state index is 0. The highest BCUT2D eigenvalue weighted by Gasteiger charge is 2.49. The molecule has 3 aliphatic rings. The van der Waals surface area contributed by atoms with Crippen LogP contribution < -0.4 is 10.5 Å². The zero-order valence-electron chi connectivity index (χ0n) is 21.5. The molecule has 2 aromatic carbocycles. The van der Waals surface area contributed by atoms with E-state index in [0.29, 0.717) is 0 Å². The van der Waals surface area contributed by atoms with E-state index in [-0.39, 0.29) is 53.3 Å². The van der Waals surface area contributed by atoms with Gasteiger partial charge in [-0.2, -0.15) is 0 Å². The molecule has 6 atom stereocenters. The first-order valence-corrected chi connectivity index (χ1v) is 12.2.